The van der Waals surface area contributed by atoms with Crippen molar-refractivity contribution >= 4 is 16.6 Å². The fourth-order valence-corrected chi connectivity index (χ4v) is 3.56. The van der Waals surface area contributed by atoms with Crippen LogP contribution in [0.3, 0.4) is 0 Å². The maximum atomic E-state index is 10.9. The lowest BCUT2D eigenvalue weighted by Crippen LogP contribution is -1.93. The second-order valence-corrected chi connectivity index (χ2v) is 7.62. The van der Waals surface area contributed by atoms with Gasteiger partial charge in [0.2, 0.25) is 0 Å². The number of hydrogen-bond acceptors (Lipinski definition) is 4. The van der Waals surface area contributed by atoms with Gasteiger partial charge in [-0.2, -0.15) is 0 Å². The molecule has 5 nitrogen and oxygen atoms in total. The van der Waals surface area contributed by atoms with Gasteiger partial charge in [-0.05, 0) is 24.5 Å². The average Bonchev–Trinajstić information content (AvgIpc) is 2.75. The van der Waals surface area contributed by atoms with Crippen LogP contribution in [0.4, 0.5) is 5.69 Å². The van der Waals surface area contributed by atoms with Crippen molar-refractivity contribution in [2.24, 2.45) is 0 Å². The first-order chi connectivity index (χ1) is 14.2. The number of hydrogen-bond donors (Lipinski definition) is 0. The predicted molar refractivity (Wildman–Crippen MR) is 118 cm³/mol. The minimum Gasteiger partial charge on any atom is -0.258 e. The van der Waals surface area contributed by atoms with E-state index in [1.54, 1.807) is 12.3 Å². The average molecular weight is 392 g/mol. The van der Waals surface area contributed by atoms with Crippen molar-refractivity contribution in [3.63, 3.8) is 0 Å². The van der Waals surface area contributed by atoms with Gasteiger partial charge < -0.3 is 0 Å². The lowest BCUT2D eigenvalue weighted by Gasteiger charge is -2.05. The number of benzene rings is 2. The molecule has 0 unspecified atom stereocenters. The van der Waals surface area contributed by atoms with Crippen LogP contribution in [0.25, 0.3) is 22.3 Å². The number of aryl methyl sites for hydroxylation is 1. The van der Waals surface area contributed by atoms with E-state index in [4.69, 9.17) is 0 Å². The Balaban J connectivity index is 1.53. The molecule has 0 fully saturated rings. The Morgan fingerprint density at radius 3 is 2.28 bits per heavy atom. The summed E-state index contributed by atoms with van der Waals surface area (Å²) >= 11 is 0. The molecule has 2 aromatic carbocycles. The standard InChI is InChI=1S/C24H29N3O2/c1-2-3-4-5-6-7-8-9-10-19-11-13-20(14-12-19)24-25-18-21-17-22(27(28)29)15-16-23(21)26-24/h11-18H,2-10H2,1H3. The molecule has 0 aliphatic rings. The number of aromatic nitrogens is 2. The monoisotopic (exact) mass is 391 g/mol. The van der Waals surface area contributed by atoms with Crippen molar-refractivity contribution in [2.45, 2.75) is 64.7 Å². The van der Waals surface area contributed by atoms with Gasteiger partial charge >= 0.3 is 0 Å². The Hall–Kier alpha value is -2.82. The van der Waals surface area contributed by atoms with Crippen LogP contribution in [0.2, 0.25) is 0 Å². The summed E-state index contributed by atoms with van der Waals surface area (Å²) in [5.41, 5.74) is 3.07. The Labute approximate surface area is 172 Å². The van der Waals surface area contributed by atoms with E-state index >= 15 is 0 Å². The SMILES string of the molecule is CCCCCCCCCCc1ccc(-c2ncc3cc([N+](=O)[O-])ccc3n2)cc1. The van der Waals surface area contributed by atoms with Crippen LogP contribution >= 0.6 is 0 Å². The minimum absolute atomic E-state index is 0.0548. The van der Waals surface area contributed by atoms with E-state index in [1.165, 1.54) is 69.1 Å². The van der Waals surface area contributed by atoms with E-state index in [0.29, 0.717) is 16.7 Å². The van der Waals surface area contributed by atoms with E-state index in [2.05, 4.69) is 41.2 Å². The fourth-order valence-electron chi connectivity index (χ4n) is 3.56. The molecule has 1 heterocycles. The van der Waals surface area contributed by atoms with Gasteiger partial charge in [0.15, 0.2) is 5.82 Å². The molecule has 152 valence electrons. The van der Waals surface area contributed by atoms with Gasteiger partial charge in [-0.3, -0.25) is 10.1 Å². The first-order valence-corrected chi connectivity index (χ1v) is 10.7. The zero-order valence-electron chi connectivity index (χ0n) is 17.1. The third-order valence-corrected chi connectivity index (χ3v) is 5.31. The molecule has 5 heteroatoms. The Morgan fingerprint density at radius 2 is 1.59 bits per heavy atom. The quantitative estimate of drug-likeness (QED) is 0.203. The highest BCUT2D eigenvalue weighted by Gasteiger charge is 2.09. The largest absolute Gasteiger partial charge is 0.270 e. The summed E-state index contributed by atoms with van der Waals surface area (Å²) in [6, 6.07) is 13.1. The number of rotatable bonds is 11. The van der Waals surface area contributed by atoms with Crippen LogP contribution in [0.15, 0.2) is 48.7 Å². The van der Waals surface area contributed by atoms with Gasteiger partial charge in [-0.25, -0.2) is 9.97 Å². The zero-order chi connectivity index (χ0) is 20.5. The van der Waals surface area contributed by atoms with Crippen LogP contribution in [-0.2, 0) is 6.42 Å². The third kappa shape index (κ3) is 6.08. The van der Waals surface area contributed by atoms with Crippen molar-refractivity contribution in [1.29, 1.82) is 0 Å². The van der Waals surface area contributed by atoms with Gasteiger partial charge in [0.1, 0.15) is 0 Å². The molecule has 0 aliphatic heterocycles. The molecule has 29 heavy (non-hydrogen) atoms. The van der Waals surface area contributed by atoms with Crippen LogP contribution in [-0.4, -0.2) is 14.9 Å². The number of nitro groups is 1. The molecular formula is C24H29N3O2. The second kappa shape index (κ2) is 10.6. The van der Waals surface area contributed by atoms with E-state index in [1.807, 2.05) is 0 Å². The first kappa shape index (κ1) is 20.9. The molecule has 0 bridgehead atoms. The van der Waals surface area contributed by atoms with Crippen molar-refractivity contribution in [1.82, 2.24) is 9.97 Å². The zero-order valence-corrected chi connectivity index (χ0v) is 17.1. The minimum atomic E-state index is -0.404. The molecule has 3 rings (SSSR count). The summed E-state index contributed by atoms with van der Waals surface area (Å²) in [6.45, 7) is 2.26. The number of non-ortho nitro benzene ring substituents is 1. The first-order valence-electron chi connectivity index (χ1n) is 10.7. The molecule has 1 aromatic heterocycles. The smallest absolute Gasteiger partial charge is 0.258 e. The van der Waals surface area contributed by atoms with Crippen molar-refractivity contribution in [2.75, 3.05) is 0 Å². The van der Waals surface area contributed by atoms with E-state index < -0.39 is 4.92 Å². The van der Waals surface area contributed by atoms with Gasteiger partial charge in [-0.1, -0.05) is 76.1 Å². The molecule has 0 atom stereocenters. The normalized spacial score (nSPS) is 11.1. The van der Waals surface area contributed by atoms with E-state index in [9.17, 15) is 10.1 Å². The van der Waals surface area contributed by atoms with E-state index in [0.717, 1.165) is 12.0 Å². The topological polar surface area (TPSA) is 68.9 Å². The molecular weight excluding hydrogens is 362 g/mol. The lowest BCUT2D eigenvalue weighted by molar-refractivity contribution is -0.384. The lowest BCUT2D eigenvalue weighted by atomic mass is 10.0. The summed E-state index contributed by atoms with van der Waals surface area (Å²) in [4.78, 5) is 19.4. The van der Waals surface area contributed by atoms with Crippen LogP contribution in [0.5, 0.6) is 0 Å². The van der Waals surface area contributed by atoms with Gasteiger partial charge in [-0.15, -0.1) is 0 Å². The summed E-state index contributed by atoms with van der Waals surface area (Å²) in [5.74, 6) is 0.644. The number of nitro benzene ring substituents is 1. The van der Waals surface area contributed by atoms with Crippen molar-refractivity contribution < 1.29 is 4.92 Å². The maximum Gasteiger partial charge on any atom is 0.270 e. The van der Waals surface area contributed by atoms with Crippen LogP contribution in [0.1, 0.15) is 63.9 Å². The summed E-state index contributed by atoms with van der Waals surface area (Å²) in [6.07, 6.45) is 13.4. The molecule has 0 saturated carbocycles. The molecule has 0 saturated heterocycles. The Kier molecular flexibility index (Phi) is 7.68. The highest BCUT2D eigenvalue weighted by molar-refractivity contribution is 5.81. The van der Waals surface area contributed by atoms with E-state index in [-0.39, 0.29) is 5.69 Å². The summed E-state index contributed by atoms with van der Waals surface area (Å²) in [5, 5.41) is 11.6. The fraction of sp³-hybridized carbons (Fsp3) is 0.417. The van der Waals surface area contributed by atoms with Gasteiger partial charge in [0, 0.05) is 29.3 Å². The highest BCUT2D eigenvalue weighted by Crippen LogP contribution is 2.23. The predicted octanol–water partition coefficient (Wildman–Crippen LogP) is 6.89. The number of unbranched alkanes of at least 4 members (excludes halogenated alkanes) is 7. The molecule has 0 aliphatic carbocycles. The van der Waals surface area contributed by atoms with Crippen LogP contribution < -0.4 is 0 Å². The van der Waals surface area contributed by atoms with Crippen LogP contribution in [0, 0.1) is 10.1 Å². The Morgan fingerprint density at radius 1 is 0.897 bits per heavy atom. The molecule has 0 amide bonds. The summed E-state index contributed by atoms with van der Waals surface area (Å²) < 4.78 is 0. The van der Waals surface area contributed by atoms with Gasteiger partial charge in [0.25, 0.3) is 5.69 Å². The number of fused-ring (bicyclic) bond motifs is 1. The molecule has 0 radical (unpaired) electrons. The van der Waals surface area contributed by atoms with Crippen molar-refractivity contribution in [3.05, 3.63) is 64.3 Å². The summed E-state index contributed by atoms with van der Waals surface area (Å²) in [7, 11) is 0. The number of nitrogens with zero attached hydrogens (tertiary/aromatic N) is 3. The highest BCUT2D eigenvalue weighted by atomic mass is 16.6. The Bertz CT molecular complexity index is 939. The molecule has 0 spiro atoms. The maximum absolute atomic E-state index is 10.9. The third-order valence-electron chi connectivity index (χ3n) is 5.31. The second-order valence-electron chi connectivity index (χ2n) is 7.62. The van der Waals surface area contributed by atoms with Gasteiger partial charge in [0.05, 0.1) is 10.4 Å². The molecule has 0 N–H and O–H groups in total. The van der Waals surface area contributed by atoms with Crippen molar-refractivity contribution in [3.8, 4) is 11.4 Å². The molecule has 3 aromatic rings.